The Morgan fingerprint density at radius 1 is 1.20 bits per heavy atom. The van der Waals surface area contributed by atoms with Crippen molar-refractivity contribution in [3.63, 3.8) is 0 Å². The van der Waals surface area contributed by atoms with E-state index in [2.05, 4.69) is 17.6 Å². The predicted molar refractivity (Wildman–Crippen MR) is 143 cm³/mol. The van der Waals surface area contributed by atoms with Gasteiger partial charge in [0.1, 0.15) is 11.4 Å². The highest BCUT2D eigenvalue weighted by Crippen LogP contribution is 2.37. The Morgan fingerprint density at radius 2 is 1.89 bits per heavy atom. The summed E-state index contributed by atoms with van der Waals surface area (Å²) in [5, 5.41) is 7.52. The summed E-state index contributed by atoms with van der Waals surface area (Å²) in [6.45, 7) is 6.80. The van der Waals surface area contributed by atoms with Gasteiger partial charge in [-0.3, -0.25) is 9.79 Å². The van der Waals surface area contributed by atoms with Gasteiger partial charge >= 0.3 is 0 Å². The van der Waals surface area contributed by atoms with Crippen LogP contribution in [0.4, 0.5) is 5.69 Å². The number of carbonyl (C=O) groups excluding carboxylic acids is 1. The molecule has 35 heavy (non-hydrogen) atoms. The molecule has 1 aromatic carbocycles. The number of nitrogens with one attached hydrogen (secondary N) is 2. The summed E-state index contributed by atoms with van der Waals surface area (Å²) in [5.74, 6) is 1.85. The molecule has 4 rings (SSSR count). The van der Waals surface area contributed by atoms with E-state index >= 15 is 0 Å². The summed E-state index contributed by atoms with van der Waals surface area (Å²) in [6.07, 6.45) is 9.61. The Labute approximate surface area is 210 Å². The highest BCUT2D eigenvalue weighted by molar-refractivity contribution is 7.92. The Hall–Kier alpha value is -2.19. The highest BCUT2D eigenvalue weighted by Gasteiger charge is 2.48. The average molecular weight is 501 g/mol. The zero-order valence-corrected chi connectivity index (χ0v) is 22.4. The smallest absolute Gasteiger partial charge is 0.253 e. The molecule has 1 amide bonds. The molecule has 0 aromatic heterocycles. The molecule has 192 valence electrons. The predicted octanol–water partition coefficient (Wildman–Crippen LogP) is 4.62. The third kappa shape index (κ3) is 5.48. The summed E-state index contributed by atoms with van der Waals surface area (Å²) in [7, 11) is -1.72. The van der Waals surface area contributed by atoms with Crippen molar-refractivity contribution in [3.05, 3.63) is 34.2 Å². The van der Waals surface area contributed by atoms with Gasteiger partial charge in [-0.25, -0.2) is 8.42 Å². The van der Waals surface area contributed by atoms with Gasteiger partial charge in [-0.2, -0.15) is 4.31 Å². The number of amides is 1. The first kappa shape index (κ1) is 25.9. The van der Waals surface area contributed by atoms with Crippen molar-refractivity contribution in [1.29, 1.82) is 0 Å². The van der Waals surface area contributed by atoms with E-state index in [1.807, 2.05) is 33.0 Å². The van der Waals surface area contributed by atoms with Crippen LogP contribution in [0.15, 0.2) is 22.5 Å². The molecule has 2 N–H and O–H groups in total. The number of carbonyl (C=O) groups is 1. The van der Waals surface area contributed by atoms with Crippen LogP contribution in [0.5, 0.6) is 0 Å². The van der Waals surface area contributed by atoms with E-state index in [1.165, 1.54) is 35.4 Å². The van der Waals surface area contributed by atoms with Gasteiger partial charge in [-0.15, -0.1) is 0 Å². The minimum atomic E-state index is -3.59. The fourth-order valence-corrected chi connectivity index (χ4v) is 7.19. The van der Waals surface area contributed by atoms with Crippen LogP contribution in [-0.2, 0) is 14.8 Å². The number of sulfonamides is 1. The molecule has 1 saturated heterocycles. The van der Waals surface area contributed by atoms with Crippen LogP contribution < -0.4 is 10.6 Å². The minimum absolute atomic E-state index is 0.0476. The normalized spacial score (nSPS) is 25.1. The second-order valence-corrected chi connectivity index (χ2v) is 12.3. The van der Waals surface area contributed by atoms with Crippen LogP contribution in [-0.4, -0.2) is 50.1 Å². The summed E-state index contributed by atoms with van der Waals surface area (Å²) in [4.78, 5) is 17.9. The molecule has 8 heteroatoms. The lowest BCUT2D eigenvalue weighted by Gasteiger charge is -2.34. The minimum Gasteiger partial charge on any atom is -0.388 e. The highest BCUT2D eigenvalue weighted by atomic mass is 32.2. The van der Waals surface area contributed by atoms with Crippen LogP contribution >= 0.6 is 0 Å². The molecular weight excluding hydrogens is 460 g/mol. The van der Waals surface area contributed by atoms with Crippen LogP contribution in [0.1, 0.15) is 75.0 Å². The molecule has 1 spiro atoms. The number of benzene rings is 1. The number of hydrogen-bond donors (Lipinski definition) is 2. The van der Waals surface area contributed by atoms with Crippen molar-refractivity contribution in [2.75, 3.05) is 25.5 Å². The molecule has 2 heterocycles. The zero-order valence-electron chi connectivity index (χ0n) is 21.6. The quantitative estimate of drug-likeness (QED) is 0.572. The van der Waals surface area contributed by atoms with Gasteiger partial charge < -0.3 is 10.6 Å². The average Bonchev–Trinajstić information content (AvgIpc) is 3.14. The van der Waals surface area contributed by atoms with Gasteiger partial charge in [-0.05, 0) is 80.3 Å². The van der Waals surface area contributed by atoms with Gasteiger partial charge in [0.25, 0.3) is 5.91 Å². The number of rotatable bonds is 7. The van der Waals surface area contributed by atoms with Crippen molar-refractivity contribution in [1.82, 2.24) is 9.62 Å². The number of nitrogens with zero attached hydrogens (tertiary/aromatic N) is 2. The second-order valence-electron chi connectivity index (χ2n) is 10.5. The molecule has 0 bridgehead atoms. The summed E-state index contributed by atoms with van der Waals surface area (Å²) in [6, 6.07) is 4.02. The molecule has 1 aromatic rings. The largest absolute Gasteiger partial charge is 0.388 e. The van der Waals surface area contributed by atoms with Crippen LogP contribution in [0.2, 0.25) is 0 Å². The molecule has 0 radical (unpaired) electrons. The van der Waals surface area contributed by atoms with E-state index in [0.29, 0.717) is 31.8 Å². The maximum atomic E-state index is 13.1. The number of piperidine rings is 1. The van der Waals surface area contributed by atoms with E-state index in [9.17, 15) is 13.2 Å². The van der Waals surface area contributed by atoms with Gasteiger partial charge in [0.05, 0.1) is 0 Å². The van der Waals surface area contributed by atoms with Crippen molar-refractivity contribution in [3.8, 4) is 0 Å². The Kier molecular flexibility index (Phi) is 7.71. The standard InChI is InChI=1S/C27H40N4O3S/c1-5-7-21-8-6-9-22(18-21)25-29-26(32)27(30-25)11-13-31(14-12-27)35(33,34)15-10-24-19(2)16-23(28-4)17-20(24)3/h10,15-17,21-22,28H,5-9,11-14,18H2,1-4H3,(H,29,30,32)/b15-10+/t21-,22+/m1/s1. The van der Waals surface area contributed by atoms with Crippen molar-refractivity contribution in [2.24, 2.45) is 16.8 Å². The first-order chi connectivity index (χ1) is 16.7. The molecule has 7 nitrogen and oxygen atoms in total. The van der Waals surface area contributed by atoms with Crippen molar-refractivity contribution in [2.45, 2.75) is 77.7 Å². The number of aliphatic imine (C=N–C) groups is 1. The van der Waals surface area contributed by atoms with Gasteiger partial charge in [0.15, 0.2) is 0 Å². The van der Waals surface area contributed by atoms with Crippen molar-refractivity contribution >= 4 is 33.5 Å². The molecule has 1 saturated carbocycles. The van der Waals surface area contributed by atoms with Crippen LogP contribution in [0.25, 0.3) is 6.08 Å². The lowest BCUT2D eigenvalue weighted by Crippen LogP contribution is -2.50. The first-order valence-corrected chi connectivity index (χ1v) is 14.6. The lowest BCUT2D eigenvalue weighted by atomic mass is 9.79. The number of hydrogen-bond acceptors (Lipinski definition) is 5. The summed E-state index contributed by atoms with van der Waals surface area (Å²) < 4.78 is 27.7. The maximum Gasteiger partial charge on any atom is 0.253 e. The van der Waals surface area contributed by atoms with Crippen LogP contribution in [0.3, 0.4) is 0 Å². The summed E-state index contributed by atoms with van der Waals surface area (Å²) >= 11 is 0. The molecule has 2 atom stereocenters. The Balaban J connectivity index is 1.43. The Morgan fingerprint density at radius 3 is 2.51 bits per heavy atom. The van der Waals surface area contributed by atoms with E-state index in [-0.39, 0.29) is 5.91 Å². The maximum absolute atomic E-state index is 13.1. The first-order valence-electron chi connectivity index (χ1n) is 13.1. The topological polar surface area (TPSA) is 90.9 Å². The van der Waals surface area contributed by atoms with Crippen LogP contribution in [0, 0.1) is 25.7 Å². The molecule has 2 aliphatic heterocycles. The van der Waals surface area contributed by atoms with E-state index in [0.717, 1.165) is 47.0 Å². The van der Waals surface area contributed by atoms with E-state index in [4.69, 9.17) is 4.99 Å². The number of aryl methyl sites for hydroxylation is 2. The molecule has 0 unspecified atom stereocenters. The van der Waals surface area contributed by atoms with Gasteiger partial charge in [-0.1, -0.05) is 32.6 Å². The monoisotopic (exact) mass is 500 g/mol. The number of anilines is 1. The van der Waals surface area contributed by atoms with E-state index < -0.39 is 15.6 Å². The fourth-order valence-electron chi connectivity index (χ4n) is 6.02. The second kappa shape index (κ2) is 10.4. The zero-order chi connectivity index (χ0) is 25.2. The third-order valence-corrected chi connectivity index (χ3v) is 9.63. The fraction of sp³-hybridized carbons (Fsp3) is 0.630. The molecular formula is C27H40N4O3S. The summed E-state index contributed by atoms with van der Waals surface area (Å²) in [5.41, 5.74) is 3.15. The SMILES string of the molecule is CCC[C@@H]1CCC[C@H](C2=NC3(CCN(S(=O)(=O)/C=C/c4c(C)cc(NC)cc4C)CC3)C(=O)N2)C1. The lowest BCUT2D eigenvalue weighted by molar-refractivity contribution is -0.125. The number of amidine groups is 1. The Bertz CT molecular complexity index is 1090. The molecule has 1 aliphatic carbocycles. The van der Waals surface area contributed by atoms with Gasteiger partial charge in [0, 0.05) is 37.2 Å². The van der Waals surface area contributed by atoms with E-state index in [1.54, 1.807) is 6.08 Å². The van der Waals surface area contributed by atoms with Gasteiger partial charge in [0.2, 0.25) is 10.0 Å². The molecule has 3 aliphatic rings. The van der Waals surface area contributed by atoms with Crippen molar-refractivity contribution < 1.29 is 13.2 Å². The molecule has 2 fully saturated rings. The third-order valence-electron chi connectivity index (χ3n) is 8.06.